The second kappa shape index (κ2) is 4.18. The molecule has 0 aliphatic carbocycles. The van der Waals surface area contributed by atoms with Gasteiger partial charge in [-0.25, -0.2) is 0 Å². The fourth-order valence-corrected chi connectivity index (χ4v) is 2.97. The van der Waals surface area contributed by atoms with E-state index < -0.39 is 5.60 Å². The number of hydrogen-bond acceptors (Lipinski definition) is 3. The molecule has 2 rings (SSSR count). The molecule has 2 heterocycles. The van der Waals surface area contributed by atoms with Gasteiger partial charge in [-0.3, -0.25) is 4.79 Å². The van der Waals surface area contributed by atoms with Gasteiger partial charge in [-0.15, -0.1) is 0 Å². The van der Waals surface area contributed by atoms with Crippen molar-refractivity contribution in [1.82, 2.24) is 4.90 Å². The number of rotatable bonds is 1. The van der Waals surface area contributed by atoms with Crippen LogP contribution in [0.3, 0.4) is 0 Å². The summed E-state index contributed by atoms with van der Waals surface area (Å²) in [6, 6.07) is 0. The molecule has 0 aromatic carbocycles. The third-order valence-corrected chi connectivity index (χ3v) is 3.91. The van der Waals surface area contributed by atoms with E-state index in [0.29, 0.717) is 6.54 Å². The van der Waals surface area contributed by atoms with E-state index in [-0.39, 0.29) is 5.91 Å². The van der Waals surface area contributed by atoms with Gasteiger partial charge in [0.2, 0.25) is 0 Å². The summed E-state index contributed by atoms with van der Waals surface area (Å²) in [5.74, 6) is 0.0544. The van der Waals surface area contributed by atoms with Gasteiger partial charge in [-0.05, 0) is 37.6 Å². The van der Waals surface area contributed by atoms with E-state index >= 15 is 0 Å². The molecule has 1 aromatic rings. The summed E-state index contributed by atoms with van der Waals surface area (Å²) in [5, 5.41) is 13.8. The minimum Gasteiger partial charge on any atom is -0.388 e. The molecule has 1 aliphatic heterocycles. The van der Waals surface area contributed by atoms with Gasteiger partial charge in [0.1, 0.15) is 0 Å². The van der Waals surface area contributed by atoms with Gasteiger partial charge in [0, 0.05) is 18.5 Å². The molecular formula is C12H17NO2S. The molecule has 1 saturated heterocycles. The number of aliphatic hydroxyl groups is 1. The van der Waals surface area contributed by atoms with Crippen molar-refractivity contribution in [1.29, 1.82) is 0 Å². The highest BCUT2D eigenvalue weighted by atomic mass is 32.1. The van der Waals surface area contributed by atoms with E-state index in [9.17, 15) is 9.90 Å². The zero-order chi connectivity index (χ0) is 11.8. The second-order valence-corrected chi connectivity index (χ2v) is 5.54. The first-order valence-electron chi connectivity index (χ1n) is 5.54. The van der Waals surface area contributed by atoms with Crippen LogP contribution in [0.2, 0.25) is 0 Å². The highest BCUT2D eigenvalue weighted by Crippen LogP contribution is 2.23. The third-order valence-electron chi connectivity index (χ3n) is 3.05. The van der Waals surface area contributed by atoms with Gasteiger partial charge in [0.25, 0.3) is 5.91 Å². The molecule has 88 valence electrons. The highest BCUT2D eigenvalue weighted by molar-refractivity contribution is 7.08. The molecule has 4 heteroatoms. The Morgan fingerprint density at radius 1 is 1.56 bits per heavy atom. The van der Waals surface area contributed by atoms with Crippen LogP contribution in [0, 0.1) is 6.92 Å². The Hall–Kier alpha value is -0.870. The molecule has 1 N–H and O–H groups in total. The van der Waals surface area contributed by atoms with Crippen molar-refractivity contribution in [3.8, 4) is 0 Å². The van der Waals surface area contributed by atoms with Crippen molar-refractivity contribution in [2.45, 2.75) is 32.3 Å². The first-order chi connectivity index (χ1) is 7.49. The summed E-state index contributed by atoms with van der Waals surface area (Å²) in [6.45, 7) is 4.95. The molecule has 0 radical (unpaired) electrons. The van der Waals surface area contributed by atoms with Crippen molar-refractivity contribution in [2.75, 3.05) is 13.1 Å². The summed E-state index contributed by atoms with van der Waals surface area (Å²) in [7, 11) is 0. The molecule has 1 unspecified atom stereocenters. The third kappa shape index (κ3) is 2.28. The minimum atomic E-state index is -0.724. The van der Waals surface area contributed by atoms with Crippen molar-refractivity contribution in [3.63, 3.8) is 0 Å². The van der Waals surface area contributed by atoms with Gasteiger partial charge >= 0.3 is 0 Å². The van der Waals surface area contributed by atoms with Crippen molar-refractivity contribution in [3.05, 3.63) is 21.9 Å². The topological polar surface area (TPSA) is 40.5 Å². The zero-order valence-electron chi connectivity index (χ0n) is 9.69. The van der Waals surface area contributed by atoms with Gasteiger partial charge < -0.3 is 10.0 Å². The Morgan fingerprint density at radius 2 is 2.31 bits per heavy atom. The second-order valence-electron chi connectivity index (χ2n) is 4.80. The quantitative estimate of drug-likeness (QED) is 0.814. The zero-order valence-corrected chi connectivity index (χ0v) is 10.5. The summed E-state index contributed by atoms with van der Waals surface area (Å²) < 4.78 is 0. The number of hydrogen-bond donors (Lipinski definition) is 1. The van der Waals surface area contributed by atoms with E-state index in [1.165, 1.54) is 0 Å². The number of carbonyl (C=O) groups is 1. The van der Waals surface area contributed by atoms with E-state index in [2.05, 4.69) is 0 Å². The predicted molar refractivity (Wildman–Crippen MR) is 64.8 cm³/mol. The summed E-state index contributed by atoms with van der Waals surface area (Å²) in [6.07, 6.45) is 1.65. The Morgan fingerprint density at radius 3 is 2.88 bits per heavy atom. The lowest BCUT2D eigenvalue weighted by Crippen LogP contribution is -2.48. The number of thiophene rings is 1. The predicted octanol–water partition coefficient (Wildman–Crippen LogP) is 2.04. The van der Waals surface area contributed by atoms with E-state index in [1.807, 2.05) is 17.7 Å². The maximum Gasteiger partial charge on any atom is 0.255 e. The maximum absolute atomic E-state index is 12.2. The Bertz CT molecular complexity index is 397. The lowest BCUT2D eigenvalue weighted by Gasteiger charge is -2.36. The Labute approximate surface area is 99.7 Å². The molecule has 1 atom stereocenters. The first-order valence-corrected chi connectivity index (χ1v) is 6.48. The fraction of sp³-hybridized carbons (Fsp3) is 0.583. The van der Waals surface area contributed by atoms with Crippen LogP contribution in [0.1, 0.15) is 35.7 Å². The fourth-order valence-electron chi connectivity index (χ4n) is 2.14. The molecule has 3 nitrogen and oxygen atoms in total. The number of piperidine rings is 1. The number of likely N-dealkylation sites (tertiary alicyclic amines) is 1. The van der Waals surface area contributed by atoms with Crippen LogP contribution in [-0.4, -0.2) is 34.6 Å². The molecular weight excluding hydrogens is 222 g/mol. The molecule has 1 fully saturated rings. The maximum atomic E-state index is 12.2. The van der Waals surface area contributed by atoms with Crippen LogP contribution >= 0.6 is 11.3 Å². The van der Waals surface area contributed by atoms with Gasteiger partial charge in [-0.2, -0.15) is 11.3 Å². The highest BCUT2D eigenvalue weighted by Gasteiger charge is 2.31. The van der Waals surface area contributed by atoms with Gasteiger partial charge in [-0.1, -0.05) is 0 Å². The number of amides is 1. The molecule has 0 bridgehead atoms. The molecule has 0 saturated carbocycles. The van der Waals surface area contributed by atoms with Crippen molar-refractivity contribution in [2.24, 2.45) is 0 Å². The average molecular weight is 239 g/mol. The summed E-state index contributed by atoms with van der Waals surface area (Å²) in [5.41, 5.74) is 1.08. The van der Waals surface area contributed by atoms with E-state index in [0.717, 1.165) is 30.5 Å². The lowest BCUT2D eigenvalue weighted by molar-refractivity contribution is -0.0107. The molecule has 16 heavy (non-hydrogen) atoms. The summed E-state index contributed by atoms with van der Waals surface area (Å²) >= 11 is 1.55. The van der Waals surface area contributed by atoms with Crippen LogP contribution in [-0.2, 0) is 0 Å². The van der Waals surface area contributed by atoms with Crippen LogP contribution in [0.5, 0.6) is 0 Å². The Balaban J connectivity index is 2.14. The standard InChI is InChI=1S/C12H17NO2S/c1-9-6-16-7-10(9)11(14)13-5-3-4-12(2,15)8-13/h6-7,15H,3-5,8H2,1-2H3. The van der Waals surface area contributed by atoms with Crippen molar-refractivity contribution < 1.29 is 9.90 Å². The van der Waals surface area contributed by atoms with Gasteiger partial charge in [0.15, 0.2) is 0 Å². The van der Waals surface area contributed by atoms with Crippen LogP contribution < -0.4 is 0 Å². The minimum absolute atomic E-state index is 0.0544. The van der Waals surface area contributed by atoms with Crippen LogP contribution in [0.4, 0.5) is 0 Å². The van der Waals surface area contributed by atoms with Crippen molar-refractivity contribution >= 4 is 17.2 Å². The van der Waals surface area contributed by atoms with E-state index in [4.69, 9.17) is 0 Å². The smallest absolute Gasteiger partial charge is 0.255 e. The SMILES string of the molecule is Cc1cscc1C(=O)N1CCCC(C)(O)C1. The molecule has 0 spiro atoms. The molecule has 1 aromatic heterocycles. The monoisotopic (exact) mass is 239 g/mol. The first kappa shape index (κ1) is 11.6. The van der Waals surface area contributed by atoms with E-state index in [1.54, 1.807) is 23.2 Å². The van der Waals surface area contributed by atoms with Crippen LogP contribution in [0.15, 0.2) is 10.8 Å². The number of nitrogens with zero attached hydrogens (tertiary/aromatic N) is 1. The normalized spacial score (nSPS) is 25.8. The molecule has 1 aliphatic rings. The lowest BCUT2D eigenvalue weighted by atomic mass is 9.94. The average Bonchev–Trinajstić information content (AvgIpc) is 2.62. The Kier molecular flexibility index (Phi) is 3.04. The number of carbonyl (C=O) groups excluding carboxylic acids is 1. The largest absolute Gasteiger partial charge is 0.388 e. The van der Waals surface area contributed by atoms with Crippen LogP contribution in [0.25, 0.3) is 0 Å². The number of aryl methyl sites for hydroxylation is 1. The van der Waals surface area contributed by atoms with Gasteiger partial charge in [0.05, 0.1) is 11.2 Å². The summed E-state index contributed by atoms with van der Waals surface area (Å²) in [4.78, 5) is 14.0. The number of β-amino-alcohol motifs (C(OH)–C–C–N with tert-alkyl or cyclic N) is 1. The molecule has 1 amide bonds.